The molecule has 0 aliphatic carbocycles. The molecule has 1 atom stereocenters. The van der Waals surface area contributed by atoms with Gasteiger partial charge in [-0.15, -0.1) is 0 Å². The number of hydrogen-bond donors (Lipinski definition) is 2. The first-order chi connectivity index (χ1) is 14.1. The molecule has 158 valence electrons. The molecular formula is C20H17ClF3N3O3. The van der Waals surface area contributed by atoms with Crippen molar-refractivity contribution >= 4 is 46.4 Å². The predicted molar refractivity (Wildman–Crippen MR) is 106 cm³/mol. The minimum Gasteiger partial charge on any atom is -0.326 e. The number of alkyl halides is 3. The van der Waals surface area contributed by atoms with Crippen LogP contribution in [0.4, 0.5) is 30.2 Å². The average molecular weight is 440 g/mol. The molecule has 0 spiro atoms. The lowest BCUT2D eigenvalue weighted by Crippen LogP contribution is -2.29. The highest BCUT2D eigenvalue weighted by Crippen LogP contribution is 2.37. The van der Waals surface area contributed by atoms with E-state index in [0.717, 1.165) is 12.1 Å². The lowest BCUT2D eigenvalue weighted by atomic mass is 10.1. The zero-order valence-corrected chi connectivity index (χ0v) is 16.5. The maximum atomic E-state index is 13.4. The van der Waals surface area contributed by atoms with Crippen molar-refractivity contribution in [2.45, 2.75) is 19.5 Å². The molecule has 1 aliphatic heterocycles. The van der Waals surface area contributed by atoms with Crippen LogP contribution in [-0.2, 0) is 20.6 Å². The van der Waals surface area contributed by atoms with Crippen molar-refractivity contribution in [3.05, 3.63) is 53.1 Å². The minimum atomic E-state index is -4.76. The summed E-state index contributed by atoms with van der Waals surface area (Å²) in [6.07, 6.45) is -4.91. The normalized spacial score (nSPS) is 16.5. The van der Waals surface area contributed by atoms with E-state index in [0.29, 0.717) is 10.7 Å². The molecule has 3 rings (SSSR count). The summed E-state index contributed by atoms with van der Waals surface area (Å²) in [4.78, 5) is 37.4. The Bertz CT molecular complexity index is 1010. The van der Waals surface area contributed by atoms with E-state index in [1.165, 1.54) is 17.9 Å². The molecule has 2 aromatic carbocycles. The summed E-state index contributed by atoms with van der Waals surface area (Å²) in [6, 6.07) is 9.67. The average Bonchev–Trinajstić information content (AvgIpc) is 3.04. The largest absolute Gasteiger partial charge is 0.418 e. The van der Waals surface area contributed by atoms with Crippen LogP contribution in [0.15, 0.2) is 42.5 Å². The Labute approximate surface area is 175 Å². The summed E-state index contributed by atoms with van der Waals surface area (Å²) >= 11 is 6.10. The summed E-state index contributed by atoms with van der Waals surface area (Å²) in [7, 11) is 0. The number of para-hydroxylation sites is 1. The Hall–Kier alpha value is -3.07. The summed E-state index contributed by atoms with van der Waals surface area (Å²) in [6.45, 7) is 1.17. The third-order valence-electron chi connectivity index (χ3n) is 4.54. The predicted octanol–water partition coefficient (Wildman–Crippen LogP) is 4.31. The van der Waals surface area contributed by atoms with Crippen molar-refractivity contribution in [1.29, 1.82) is 0 Å². The number of benzene rings is 2. The number of nitrogens with one attached hydrogen (secondary N) is 2. The number of amides is 3. The number of anilines is 3. The van der Waals surface area contributed by atoms with Gasteiger partial charge in [-0.1, -0.05) is 23.7 Å². The Balaban J connectivity index is 1.80. The molecule has 2 N–H and O–H groups in total. The van der Waals surface area contributed by atoms with Crippen LogP contribution in [-0.4, -0.2) is 24.3 Å². The molecule has 3 amide bonds. The molecule has 0 bridgehead atoms. The van der Waals surface area contributed by atoms with Gasteiger partial charge in [0.1, 0.15) is 0 Å². The molecule has 1 aliphatic rings. The van der Waals surface area contributed by atoms with Crippen LogP contribution in [0.5, 0.6) is 0 Å². The van der Waals surface area contributed by atoms with Gasteiger partial charge in [0.2, 0.25) is 17.7 Å². The van der Waals surface area contributed by atoms with Crippen LogP contribution < -0.4 is 15.5 Å². The van der Waals surface area contributed by atoms with Crippen LogP contribution >= 0.6 is 11.6 Å². The van der Waals surface area contributed by atoms with Gasteiger partial charge in [-0.25, -0.2) is 0 Å². The van der Waals surface area contributed by atoms with Gasteiger partial charge in [-0.05, 0) is 30.3 Å². The third-order valence-corrected chi connectivity index (χ3v) is 4.86. The van der Waals surface area contributed by atoms with Gasteiger partial charge in [0.15, 0.2) is 0 Å². The maximum absolute atomic E-state index is 13.4. The number of carbonyl (C=O) groups excluding carboxylic acids is 3. The van der Waals surface area contributed by atoms with Gasteiger partial charge in [0.05, 0.1) is 27.9 Å². The van der Waals surface area contributed by atoms with Crippen molar-refractivity contribution in [3.63, 3.8) is 0 Å². The van der Waals surface area contributed by atoms with Crippen molar-refractivity contribution in [1.82, 2.24) is 0 Å². The van der Waals surface area contributed by atoms with Gasteiger partial charge < -0.3 is 15.5 Å². The summed E-state index contributed by atoms with van der Waals surface area (Å²) in [5.74, 6) is -2.43. The van der Waals surface area contributed by atoms with E-state index in [1.54, 1.807) is 24.3 Å². The van der Waals surface area contributed by atoms with E-state index in [1.807, 2.05) is 0 Å². The lowest BCUT2D eigenvalue weighted by Gasteiger charge is -2.19. The Morgan fingerprint density at radius 2 is 1.83 bits per heavy atom. The van der Waals surface area contributed by atoms with E-state index in [2.05, 4.69) is 10.6 Å². The monoisotopic (exact) mass is 439 g/mol. The van der Waals surface area contributed by atoms with Gasteiger partial charge in [0.25, 0.3) is 0 Å². The molecule has 0 aromatic heterocycles. The van der Waals surface area contributed by atoms with Gasteiger partial charge >= 0.3 is 6.18 Å². The fraction of sp³-hybridized carbons (Fsp3) is 0.250. The molecule has 10 heteroatoms. The van der Waals surface area contributed by atoms with Crippen LogP contribution in [0.25, 0.3) is 0 Å². The highest BCUT2D eigenvalue weighted by molar-refractivity contribution is 6.33. The van der Waals surface area contributed by atoms with Crippen molar-refractivity contribution in [3.8, 4) is 0 Å². The fourth-order valence-corrected chi connectivity index (χ4v) is 3.43. The molecule has 1 heterocycles. The maximum Gasteiger partial charge on any atom is 0.418 e. The van der Waals surface area contributed by atoms with E-state index >= 15 is 0 Å². The molecule has 30 heavy (non-hydrogen) atoms. The standard InChI is InChI=1S/C20H17ClF3N3O3/c1-11(28)25-13-6-7-16(14(9-13)20(22,23)24)26-19(30)12-8-18(29)27(10-12)17-5-3-2-4-15(17)21/h2-7,9,12H,8,10H2,1H3,(H,25,28)(H,26,30). The second kappa shape index (κ2) is 8.35. The van der Waals surface area contributed by atoms with E-state index in [4.69, 9.17) is 11.6 Å². The summed E-state index contributed by atoms with van der Waals surface area (Å²) in [5, 5.41) is 4.87. The SMILES string of the molecule is CC(=O)Nc1ccc(NC(=O)C2CC(=O)N(c3ccccc3Cl)C2)c(C(F)(F)F)c1. The van der Waals surface area contributed by atoms with E-state index < -0.39 is 35.2 Å². The first-order valence-corrected chi connectivity index (χ1v) is 9.28. The van der Waals surface area contributed by atoms with E-state index in [-0.39, 0.29) is 24.6 Å². The molecule has 2 aromatic rings. The van der Waals surface area contributed by atoms with Crippen molar-refractivity contribution < 1.29 is 27.6 Å². The molecule has 1 unspecified atom stereocenters. The number of nitrogens with zero attached hydrogens (tertiary/aromatic N) is 1. The molecule has 0 saturated carbocycles. The topological polar surface area (TPSA) is 78.5 Å². The Morgan fingerprint density at radius 1 is 1.13 bits per heavy atom. The quantitative estimate of drug-likeness (QED) is 0.745. The minimum absolute atomic E-state index is 0.000271. The Kier molecular flexibility index (Phi) is 6.02. The van der Waals surface area contributed by atoms with Crippen LogP contribution in [0, 0.1) is 5.92 Å². The van der Waals surface area contributed by atoms with Crippen LogP contribution in [0.2, 0.25) is 5.02 Å². The first-order valence-electron chi connectivity index (χ1n) is 8.91. The zero-order valence-electron chi connectivity index (χ0n) is 15.7. The van der Waals surface area contributed by atoms with E-state index in [9.17, 15) is 27.6 Å². The number of halogens is 4. The van der Waals surface area contributed by atoms with Crippen LogP contribution in [0.3, 0.4) is 0 Å². The second-order valence-corrected chi connectivity index (χ2v) is 7.19. The summed E-state index contributed by atoms with van der Waals surface area (Å²) < 4.78 is 40.3. The molecule has 1 fully saturated rings. The zero-order chi connectivity index (χ0) is 22.1. The number of hydrogen-bond acceptors (Lipinski definition) is 3. The summed E-state index contributed by atoms with van der Waals surface area (Å²) in [5.41, 5.74) is -1.16. The molecule has 0 radical (unpaired) electrons. The molecule has 6 nitrogen and oxygen atoms in total. The molecular weight excluding hydrogens is 423 g/mol. The van der Waals surface area contributed by atoms with Gasteiger partial charge in [-0.3, -0.25) is 14.4 Å². The van der Waals surface area contributed by atoms with Crippen LogP contribution in [0.1, 0.15) is 18.9 Å². The lowest BCUT2D eigenvalue weighted by molar-refractivity contribution is -0.137. The highest BCUT2D eigenvalue weighted by Gasteiger charge is 2.38. The first kappa shape index (κ1) is 21.6. The smallest absolute Gasteiger partial charge is 0.326 e. The Morgan fingerprint density at radius 3 is 2.47 bits per heavy atom. The molecule has 1 saturated heterocycles. The van der Waals surface area contributed by atoms with Crippen molar-refractivity contribution in [2.75, 3.05) is 22.1 Å². The number of carbonyl (C=O) groups is 3. The van der Waals surface area contributed by atoms with Gasteiger partial charge in [0, 0.05) is 25.6 Å². The number of rotatable bonds is 4. The van der Waals surface area contributed by atoms with Gasteiger partial charge in [-0.2, -0.15) is 13.2 Å². The second-order valence-electron chi connectivity index (χ2n) is 6.79. The fourth-order valence-electron chi connectivity index (χ4n) is 3.19. The highest BCUT2D eigenvalue weighted by atomic mass is 35.5. The third kappa shape index (κ3) is 4.73. The van der Waals surface area contributed by atoms with Crippen molar-refractivity contribution in [2.24, 2.45) is 5.92 Å².